The molecule has 436 valence electrons. The molecule has 0 bridgehead atoms. The third-order valence-corrected chi connectivity index (χ3v) is 16.7. The van der Waals surface area contributed by atoms with Crippen molar-refractivity contribution in [3.63, 3.8) is 0 Å². The Kier molecular flexibility index (Phi) is 19.1. The van der Waals surface area contributed by atoms with Crippen LogP contribution in [0.5, 0.6) is 0 Å². The fourth-order valence-electron chi connectivity index (χ4n) is 10.7. The Labute approximate surface area is 482 Å². The number of amides is 5. The van der Waals surface area contributed by atoms with Gasteiger partial charge in [-0.25, -0.2) is 19.3 Å². The quantitative estimate of drug-likeness (QED) is 0.0328. The third kappa shape index (κ3) is 14.7. The lowest BCUT2D eigenvalue weighted by Gasteiger charge is -2.35. The van der Waals surface area contributed by atoms with Gasteiger partial charge in [0.25, 0.3) is 5.91 Å². The summed E-state index contributed by atoms with van der Waals surface area (Å²) >= 11 is 1.57. The maximum Gasteiger partial charge on any atom is 0.308 e. The molecular weight excluding hydrogens is 1060 g/mol. The molecule has 0 spiro atoms. The predicted molar refractivity (Wildman–Crippen MR) is 311 cm³/mol. The highest BCUT2D eigenvalue weighted by molar-refractivity contribution is 7.13. The number of benzene rings is 2. The zero-order valence-electron chi connectivity index (χ0n) is 48.0. The van der Waals surface area contributed by atoms with Crippen LogP contribution in [0.3, 0.4) is 0 Å². The minimum Gasteiger partial charge on any atom is -0.460 e. The third-order valence-electron chi connectivity index (χ3n) is 15.7. The van der Waals surface area contributed by atoms with Crippen molar-refractivity contribution in [1.82, 2.24) is 54.9 Å². The number of unbranched alkanes of at least 4 members (excludes halogenated alkanes) is 7. The predicted octanol–water partition coefficient (Wildman–Crippen LogP) is 9.51. The van der Waals surface area contributed by atoms with Crippen molar-refractivity contribution in [3.05, 3.63) is 101 Å². The SMILES string of the molecule is Cc1ncsc1-c1ccc(CNC(=O)[C@@H]2C[C@@H](OC(=O)C(C)C)CN2C(=O)[C@@H](NC(=O)CCCCCCCCCCC(=O)N2CCN(C(=O)c3ccc(Nc4nc(C5CC5)cn5c(-c6cn[nH]c6)cnc45)c(F)c3)CC2)C(C)(C)C)cc1. The summed E-state index contributed by atoms with van der Waals surface area (Å²) in [5, 5.41) is 16.0. The largest absolute Gasteiger partial charge is 0.460 e. The van der Waals surface area contributed by atoms with Crippen molar-refractivity contribution >= 4 is 64.0 Å². The van der Waals surface area contributed by atoms with Gasteiger partial charge in [0.2, 0.25) is 23.6 Å². The number of aryl methyl sites for hydroxylation is 1. The molecule has 4 aromatic heterocycles. The number of fused-ring (bicyclic) bond motifs is 1. The van der Waals surface area contributed by atoms with Crippen LogP contribution in [0.4, 0.5) is 15.9 Å². The van der Waals surface area contributed by atoms with E-state index in [1.165, 1.54) is 11.0 Å². The summed E-state index contributed by atoms with van der Waals surface area (Å²) in [6, 6.07) is 10.5. The highest BCUT2D eigenvalue weighted by Gasteiger charge is 2.46. The molecule has 1 saturated carbocycles. The lowest BCUT2D eigenvalue weighted by molar-refractivity contribution is -0.153. The molecule has 9 rings (SSSR count). The number of aromatic amines is 1. The Morgan fingerprint density at radius 2 is 1.55 bits per heavy atom. The zero-order chi connectivity index (χ0) is 58.1. The second-order valence-corrected chi connectivity index (χ2v) is 24.3. The summed E-state index contributed by atoms with van der Waals surface area (Å²) in [6.07, 6.45) is 16.7. The number of hydrogen-bond acceptors (Lipinski definition) is 13. The monoisotopic (exact) mass is 1140 g/mol. The first kappa shape index (κ1) is 59.1. The molecule has 2 aliphatic heterocycles. The van der Waals surface area contributed by atoms with Gasteiger partial charge in [-0.3, -0.25) is 38.3 Å². The molecule has 0 radical (unpaired) electrons. The molecule has 1 aliphatic carbocycles. The van der Waals surface area contributed by atoms with Crippen LogP contribution in [0.15, 0.2) is 72.8 Å². The number of halogens is 1. The van der Waals surface area contributed by atoms with Crippen LogP contribution in [-0.4, -0.2) is 131 Å². The molecular formula is C61H77FN12O7S. The molecule has 4 N–H and O–H groups in total. The minimum atomic E-state index is -0.914. The van der Waals surface area contributed by atoms with Gasteiger partial charge in [0.1, 0.15) is 24.0 Å². The number of rotatable bonds is 24. The van der Waals surface area contributed by atoms with Gasteiger partial charge >= 0.3 is 5.97 Å². The van der Waals surface area contributed by atoms with E-state index in [0.717, 1.165) is 96.4 Å². The molecule has 0 unspecified atom stereocenters. The second-order valence-electron chi connectivity index (χ2n) is 23.4. The molecule has 6 aromatic rings. The number of hydrogen-bond donors (Lipinski definition) is 4. The van der Waals surface area contributed by atoms with E-state index >= 15 is 4.39 Å². The normalized spacial score (nSPS) is 16.9. The topological polar surface area (TPSA) is 229 Å². The van der Waals surface area contributed by atoms with E-state index in [0.29, 0.717) is 56.4 Å². The smallest absolute Gasteiger partial charge is 0.308 e. The maximum atomic E-state index is 15.7. The number of nitrogens with one attached hydrogen (secondary N) is 4. The number of piperazine rings is 1. The van der Waals surface area contributed by atoms with Gasteiger partial charge in [-0.15, -0.1) is 11.3 Å². The van der Waals surface area contributed by atoms with Crippen LogP contribution in [0.1, 0.15) is 151 Å². The summed E-state index contributed by atoms with van der Waals surface area (Å²) in [7, 11) is 0. The Bertz CT molecular complexity index is 3210. The Morgan fingerprint density at radius 3 is 2.18 bits per heavy atom. The number of aromatic nitrogens is 6. The number of esters is 1. The Hall–Kier alpha value is -7.55. The molecule has 3 atom stereocenters. The molecule has 3 fully saturated rings. The molecule has 2 saturated heterocycles. The van der Waals surface area contributed by atoms with Crippen LogP contribution >= 0.6 is 11.3 Å². The number of ether oxygens (including phenoxy) is 1. The van der Waals surface area contributed by atoms with Gasteiger partial charge in [-0.1, -0.05) is 97.4 Å². The highest BCUT2D eigenvalue weighted by Crippen LogP contribution is 2.41. The number of carbonyl (C=O) groups is 6. The first-order chi connectivity index (χ1) is 39.4. The molecule has 19 nitrogen and oxygen atoms in total. The van der Waals surface area contributed by atoms with Crippen LogP contribution < -0.4 is 16.0 Å². The van der Waals surface area contributed by atoms with Gasteiger partial charge in [0, 0.05) is 81.4 Å². The van der Waals surface area contributed by atoms with Crippen molar-refractivity contribution in [3.8, 4) is 21.7 Å². The van der Waals surface area contributed by atoms with Gasteiger partial charge in [-0.2, -0.15) is 5.10 Å². The van der Waals surface area contributed by atoms with Crippen molar-refractivity contribution in [2.75, 3.05) is 38.0 Å². The Balaban J connectivity index is 0.657. The van der Waals surface area contributed by atoms with Crippen molar-refractivity contribution in [2.45, 2.75) is 156 Å². The average Bonchev–Trinajstić information content (AvgIpc) is 3.91. The van der Waals surface area contributed by atoms with Crippen LogP contribution in [0.2, 0.25) is 0 Å². The first-order valence-corrected chi connectivity index (χ1v) is 29.9. The van der Waals surface area contributed by atoms with E-state index in [2.05, 4.69) is 36.1 Å². The summed E-state index contributed by atoms with van der Waals surface area (Å²) in [6.45, 7) is 12.9. The van der Waals surface area contributed by atoms with Gasteiger partial charge in [0.15, 0.2) is 11.5 Å². The van der Waals surface area contributed by atoms with E-state index in [-0.39, 0.29) is 66.7 Å². The van der Waals surface area contributed by atoms with Crippen LogP contribution in [0.25, 0.3) is 27.3 Å². The number of anilines is 2. The molecule has 3 aliphatic rings. The van der Waals surface area contributed by atoms with E-state index in [4.69, 9.17) is 9.72 Å². The second kappa shape index (κ2) is 26.6. The number of nitrogens with zero attached hydrogens (tertiary/aromatic N) is 8. The number of carbonyl (C=O) groups excluding carboxylic acids is 6. The van der Waals surface area contributed by atoms with Crippen LogP contribution in [0, 0.1) is 24.1 Å². The Morgan fingerprint density at radius 1 is 0.854 bits per heavy atom. The van der Waals surface area contributed by atoms with Gasteiger partial charge in [-0.05, 0) is 67.3 Å². The number of thiazole rings is 1. The summed E-state index contributed by atoms with van der Waals surface area (Å²) in [4.78, 5) is 101. The average molecular weight is 1140 g/mol. The first-order valence-electron chi connectivity index (χ1n) is 29.0. The van der Waals surface area contributed by atoms with Gasteiger partial charge in [0.05, 0.1) is 58.0 Å². The molecule has 21 heteroatoms. The number of H-pyrrole nitrogens is 1. The van der Waals surface area contributed by atoms with Gasteiger partial charge < -0.3 is 35.4 Å². The molecule has 5 amide bonds. The lowest BCUT2D eigenvalue weighted by Crippen LogP contribution is -2.57. The van der Waals surface area contributed by atoms with Crippen LogP contribution in [-0.2, 0) is 35.3 Å². The maximum absolute atomic E-state index is 15.7. The summed E-state index contributed by atoms with van der Waals surface area (Å²) < 4.78 is 23.4. The number of imidazole rings is 1. The molecule has 82 heavy (non-hydrogen) atoms. The summed E-state index contributed by atoms with van der Waals surface area (Å²) in [5.41, 5.74) is 7.58. The zero-order valence-corrected chi connectivity index (χ0v) is 48.8. The van der Waals surface area contributed by atoms with E-state index in [9.17, 15) is 28.8 Å². The molecule has 6 heterocycles. The highest BCUT2D eigenvalue weighted by atomic mass is 32.1. The van der Waals surface area contributed by atoms with E-state index in [1.54, 1.807) is 60.8 Å². The van der Waals surface area contributed by atoms with Crippen molar-refractivity contribution in [1.29, 1.82) is 0 Å². The fraction of sp³-hybridized carbons (Fsp3) is 0.508. The summed E-state index contributed by atoms with van der Waals surface area (Å²) in [5.74, 6) is -1.80. The lowest BCUT2D eigenvalue weighted by atomic mass is 9.85. The number of likely N-dealkylation sites (tertiary alicyclic amines) is 1. The van der Waals surface area contributed by atoms with E-state index in [1.807, 2.05) is 73.0 Å². The standard InChI is InChI=1S/C61H77FN12O7S/c1-38(2)60(80)81-45-30-49(57(77)64-31-40-17-19-42(20-18-40)53-39(3)65-37-82-53)74(35-45)59(79)54(61(4,5)6)70-51(75)15-13-11-9-7-8-10-12-14-16-52(76)71-25-27-72(28-26-71)58(78)43-23-24-47(46(62)29-43)68-55-56-63-34-50(44-32-66-67-33-44)73(56)36-48(69-55)41-21-22-41/h17-20,23-24,29,32-34,36-38,41,45,49,54H,7-16,21-22,25-28,30-31,35H2,1-6H3,(H,64,77)(H,66,67)(H,68,69)(H,70,75)/t45-,49+,54-/m1/s1. The fourth-order valence-corrected chi connectivity index (χ4v) is 11.5. The minimum absolute atomic E-state index is 0.0437. The van der Waals surface area contributed by atoms with Crippen molar-refractivity contribution in [2.24, 2.45) is 11.3 Å². The molecule has 2 aromatic carbocycles. The van der Waals surface area contributed by atoms with Crippen molar-refractivity contribution < 1.29 is 37.9 Å². The van der Waals surface area contributed by atoms with E-state index < -0.39 is 41.3 Å².